The van der Waals surface area contributed by atoms with Crippen molar-refractivity contribution in [2.24, 2.45) is 11.8 Å². The normalized spacial score (nSPS) is 27.0. The van der Waals surface area contributed by atoms with Crippen LogP contribution < -0.4 is 0 Å². The molecule has 0 aromatic rings. The molecular formula is C11H19NO3. The molecule has 2 atom stereocenters. The molecule has 0 aromatic heterocycles. The fraction of sp³-hybridized carbons (Fsp3) is 0.818. The zero-order valence-corrected chi connectivity index (χ0v) is 10.0. The molecule has 0 aliphatic carbocycles. The van der Waals surface area contributed by atoms with Gasteiger partial charge in [0.1, 0.15) is 5.92 Å². The first kappa shape index (κ1) is 12.0. The summed E-state index contributed by atoms with van der Waals surface area (Å²) in [4.78, 5) is 25.2. The summed E-state index contributed by atoms with van der Waals surface area (Å²) < 4.78 is 4.65. The Kier molecular flexibility index (Phi) is 3.07. The second-order valence-electron chi connectivity index (χ2n) is 5.10. The molecule has 4 nitrogen and oxygen atoms in total. The van der Waals surface area contributed by atoms with E-state index >= 15 is 0 Å². The van der Waals surface area contributed by atoms with Crippen LogP contribution in [-0.4, -0.2) is 36.0 Å². The fourth-order valence-corrected chi connectivity index (χ4v) is 1.96. The predicted molar refractivity (Wildman–Crippen MR) is 56.1 cm³/mol. The quantitative estimate of drug-likeness (QED) is 0.483. The van der Waals surface area contributed by atoms with Gasteiger partial charge in [0.2, 0.25) is 5.91 Å². The minimum absolute atomic E-state index is 0.0316. The van der Waals surface area contributed by atoms with Crippen molar-refractivity contribution in [2.75, 3.05) is 13.7 Å². The van der Waals surface area contributed by atoms with E-state index in [0.29, 0.717) is 6.54 Å². The van der Waals surface area contributed by atoms with Gasteiger partial charge in [-0.15, -0.1) is 0 Å². The SMILES string of the molecule is COC(=O)[C@@H]1C(=O)N(C(C)(C)C)C[C@H]1C. The Morgan fingerprint density at radius 3 is 2.33 bits per heavy atom. The van der Waals surface area contributed by atoms with Crippen LogP contribution in [-0.2, 0) is 14.3 Å². The Balaban J connectivity index is 2.89. The van der Waals surface area contributed by atoms with Crippen LogP contribution in [0.2, 0.25) is 0 Å². The highest BCUT2D eigenvalue weighted by atomic mass is 16.5. The third-order valence-corrected chi connectivity index (χ3v) is 2.84. The van der Waals surface area contributed by atoms with E-state index in [1.54, 1.807) is 4.90 Å². The predicted octanol–water partition coefficient (Wildman–Crippen LogP) is 1.05. The first-order valence-corrected chi connectivity index (χ1v) is 5.18. The van der Waals surface area contributed by atoms with Crippen LogP contribution in [0.3, 0.4) is 0 Å². The van der Waals surface area contributed by atoms with Crippen molar-refractivity contribution in [3.63, 3.8) is 0 Å². The van der Waals surface area contributed by atoms with Gasteiger partial charge in [-0.2, -0.15) is 0 Å². The summed E-state index contributed by atoms with van der Waals surface area (Å²) in [7, 11) is 1.32. The van der Waals surface area contributed by atoms with Crippen molar-refractivity contribution >= 4 is 11.9 Å². The largest absolute Gasteiger partial charge is 0.468 e. The number of nitrogens with zero attached hydrogens (tertiary/aromatic N) is 1. The standard InChI is InChI=1S/C11H19NO3/c1-7-6-12(11(2,3)4)9(13)8(7)10(14)15-5/h7-8H,6H2,1-5H3/t7-,8+/m1/s1. The van der Waals surface area contributed by atoms with Crippen LogP contribution in [0.5, 0.6) is 0 Å². The van der Waals surface area contributed by atoms with Crippen LogP contribution in [0.25, 0.3) is 0 Å². The lowest BCUT2D eigenvalue weighted by Crippen LogP contribution is -2.44. The molecule has 0 spiro atoms. The molecule has 15 heavy (non-hydrogen) atoms. The molecule has 1 rings (SSSR count). The first-order chi connectivity index (χ1) is 6.79. The van der Waals surface area contributed by atoms with Crippen LogP contribution in [0.4, 0.5) is 0 Å². The van der Waals surface area contributed by atoms with Crippen LogP contribution in [0.1, 0.15) is 27.7 Å². The molecule has 1 saturated heterocycles. The third kappa shape index (κ3) is 2.13. The summed E-state index contributed by atoms with van der Waals surface area (Å²) in [6, 6.07) is 0. The Hall–Kier alpha value is -1.06. The highest BCUT2D eigenvalue weighted by Crippen LogP contribution is 2.30. The summed E-state index contributed by atoms with van der Waals surface area (Å²) in [6.45, 7) is 8.44. The van der Waals surface area contributed by atoms with Crippen LogP contribution in [0.15, 0.2) is 0 Å². The number of likely N-dealkylation sites (tertiary alicyclic amines) is 1. The second-order valence-corrected chi connectivity index (χ2v) is 5.10. The lowest BCUT2D eigenvalue weighted by Gasteiger charge is -2.32. The van der Waals surface area contributed by atoms with E-state index in [4.69, 9.17) is 0 Å². The smallest absolute Gasteiger partial charge is 0.318 e. The van der Waals surface area contributed by atoms with Gasteiger partial charge in [-0.1, -0.05) is 6.92 Å². The van der Waals surface area contributed by atoms with E-state index in [1.807, 2.05) is 27.7 Å². The zero-order valence-electron chi connectivity index (χ0n) is 10.0. The van der Waals surface area contributed by atoms with Crippen molar-refractivity contribution < 1.29 is 14.3 Å². The summed E-state index contributed by atoms with van der Waals surface area (Å²) in [6.07, 6.45) is 0. The number of esters is 1. The van der Waals surface area contributed by atoms with Gasteiger partial charge in [0.25, 0.3) is 0 Å². The van der Waals surface area contributed by atoms with Crippen molar-refractivity contribution in [3.05, 3.63) is 0 Å². The van der Waals surface area contributed by atoms with Crippen molar-refractivity contribution in [1.82, 2.24) is 4.90 Å². The van der Waals surface area contributed by atoms with E-state index in [-0.39, 0.29) is 17.4 Å². The van der Waals surface area contributed by atoms with E-state index in [0.717, 1.165) is 0 Å². The number of carbonyl (C=O) groups is 2. The fourth-order valence-electron chi connectivity index (χ4n) is 1.96. The number of rotatable bonds is 1. The molecule has 0 saturated carbocycles. The summed E-state index contributed by atoms with van der Waals surface area (Å²) in [5.74, 6) is -1.11. The van der Waals surface area contributed by atoms with Gasteiger partial charge in [0.05, 0.1) is 7.11 Å². The van der Waals surface area contributed by atoms with Gasteiger partial charge >= 0.3 is 5.97 Å². The summed E-state index contributed by atoms with van der Waals surface area (Å²) in [5, 5.41) is 0. The topological polar surface area (TPSA) is 46.6 Å². The molecule has 86 valence electrons. The molecule has 1 amide bonds. The Bertz CT molecular complexity index is 280. The maximum Gasteiger partial charge on any atom is 0.318 e. The van der Waals surface area contributed by atoms with Gasteiger partial charge in [0.15, 0.2) is 0 Å². The molecule has 0 radical (unpaired) electrons. The van der Waals surface area contributed by atoms with E-state index in [2.05, 4.69) is 4.74 Å². The summed E-state index contributed by atoms with van der Waals surface area (Å²) in [5.41, 5.74) is -0.228. The number of ether oxygens (including phenoxy) is 1. The second kappa shape index (κ2) is 3.83. The monoisotopic (exact) mass is 213 g/mol. The van der Waals surface area contributed by atoms with Crippen molar-refractivity contribution in [2.45, 2.75) is 33.2 Å². The molecule has 0 bridgehead atoms. The molecule has 1 fully saturated rings. The average molecular weight is 213 g/mol. The molecular weight excluding hydrogens is 194 g/mol. The Morgan fingerprint density at radius 2 is 2.00 bits per heavy atom. The Morgan fingerprint density at radius 1 is 1.47 bits per heavy atom. The molecule has 1 heterocycles. The lowest BCUT2D eigenvalue weighted by atomic mass is 9.98. The van der Waals surface area contributed by atoms with Crippen molar-refractivity contribution in [3.8, 4) is 0 Å². The summed E-state index contributed by atoms with van der Waals surface area (Å²) >= 11 is 0. The van der Waals surface area contributed by atoms with Gasteiger partial charge in [-0.3, -0.25) is 9.59 Å². The first-order valence-electron chi connectivity index (χ1n) is 5.18. The number of methoxy groups -OCH3 is 1. The average Bonchev–Trinajstić information content (AvgIpc) is 2.40. The van der Waals surface area contributed by atoms with Gasteiger partial charge in [-0.25, -0.2) is 0 Å². The van der Waals surface area contributed by atoms with Gasteiger partial charge in [-0.05, 0) is 26.7 Å². The molecule has 0 unspecified atom stereocenters. The van der Waals surface area contributed by atoms with E-state index in [1.165, 1.54) is 7.11 Å². The van der Waals surface area contributed by atoms with Gasteiger partial charge in [0, 0.05) is 12.1 Å². The third-order valence-electron chi connectivity index (χ3n) is 2.84. The number of hydrogen-bond donors (Lipinski definition) is 0. The lowest BCUT2D eigenvalue weighted by molar-refractivity contribution is -0.152. The zero-order chi connectivity index (χ0) is 11.8. The van der Waals surface area contributed by atoms with Crippen LogP contribution >= 0.6 is 0 Å². The van der Waals surface area contributed by atoms with E-state index in [9.17, 15) is 9.59 Å². The van der Waals surface area contributed by atoms with Crippen LogP contribution in [0, 0.1) is 11.8 Å². The molecule has 1 aliphatic heterocycles. The number of hydrogen-bond acceptors (Lipinski definition) is 3. The number of carbonyl (C=O) groups excluding carboxylic acids is 2. The molecule has 0 aromatic carbocycles. The highest BCUT2D eigenvalue weighted by Gasteiger charge is 2.46. The minimum Gasteiger partial charge on any atom is -0.468 e. The van der Waals surface area contributed by atoms with E-state index < -0.39 is 11.9 Å². The molecule has 1 aliphatic rings. The molecule has 4 heteroatoms. The Labute approximate surface area is 90.6 Å². The maximum atomic E-state index is 12.0. The minimum atomic E-state index is -0.616. The van der Waals surface area contributed by atoms with Crippen molar-refractivity contribution in [1.29, 1.82) is 0 Å². The maximum absolute atomic E-state index is 12.0. The number of amides is 1. The molecule has 0 N–H and O–H groups in total. The van der Waals surface area contributed by atoms with Gasteiger partial charge < -0.3 is 9.64 Å². The highest BCUT2D eigenvalue weighted by molar-refractivity contribution is 5.99.